The molecule has 2 aromatic rings. The van der Waals surface area contributed by atoms with Crippen LogP contribution in [0.1, 0.15) is 21.5 Å². The highest BCUT2D eigenvalue weighted by Crippen LogP contribution is 2.12. The zero-order chi connectivity index (χ0) is 15.1. The molecule has 0 saturated heterocycles. The summed E-state index contributed by atoms with van der Waals surface area (Å²) in [6.07, 6.45) is 3.44. The summed E-state index contributed by atoms with van der Waals surface area (Å²) in [6.45, 7) is 0.252. The van der Waals surface area contributed by atoms with Gasteiger partial charge in [0.05, 0.1) is 5.56 Å². The van der Waals surface area contributed by atoms with Crippen LogP contribution in [0.25, 0.3) is 0 Å². The Balaban J connectivity index is 2.20. The summed E-state index contributed by atoms with van der Waals surface area (Å²) in [4.78, 5) is 18.2. The lowest BCUT2D eigenvalue weighted by Gasteiger charge is -2.18. The van der Waals surface area contributed by atoms with Crippen molar-refractivity contribution < 1.29 is 9.90 Å². The molecule has 0 atom stereocenters. The van der Waals surface area contributed by atoms with E-state index in [9.17, 15) is 4.79 Å². The number of benzene rings is 1. The van der Waals surface area contributed by atoms with Gasteiger partial charge in [-0.3, -0.25) is 9.78 Å². The van der Waals surface area contributed by atoms with Crippen LogP contribution in [0, 0.1) is 11.8 Å². The molecule has 4 heteroatoms. The molecule has 106 valence electrons. The summed E-state index contributed by atoms with van der Waals surface area (Å²) in [7, 11) is 1.74. The van der Waals surface area contributed by atoms with Gasteiger partial charge in [-0.2, -0.15) is 0 Å². The Morgan fingerprint density at radius 2 is 2.10 bits per heavy atom. The average molecular weight is 280 g/mol. The number of amides is 1. The van der Waals surface area contributed by atoms with Gasteiger partial charge in [0.2, 0.25) is 0 Å². The van der Waals surface area contributed by atoms with E-state index in [0.717, 1.165) is 5.56 Å². The lowest BCUT2D eigenvalue weighted by atomic mass is 10.1. The van der Waals surface area contributed by atoms with E-state index in [2.05, 4.69) is 16.8 Å². The Morgan fingerprint density at radius 1 is 1.29 bits per heavy atom. The van der Waals surface area contributed by atoms with Crippen molar-refractivity contribution in [2.24, 2.45) is 0 Å². The van der Waals surface area contributed by atoms with Gasteiger partial charge in [-0.1, -0.05) is 30.0 Å². The first-order valence-electron chi connectivity index (χ1n) is 6.55. The van der Waals surface area contributed by atoms with Crippen molar-refractivity contribution in [3.05, 3.63) is 65.5 Å². The fraction of sp³-hybridized carbons (Fsp3) is 0.176. The van der Waals surface area contributed by atoms with Crippen LogP contribution in [0.2, 0.25) is 0 Å². The molecule has 2 rings (SSSR count). The third kappa shape index (κ3) is 3.91. The highest BCUT2D eigenvalue weighted by atomic mass is 16.2. The third-order valence-corrected chi connectivity index (χ3v) is 2.95. The van der Waals surface area contributed by atoms with Crippen LogP contribution in [0.4, 0.5) is 0 Å². The van der Waals surface area contributed by atoms with Crippen molar-refractivity contribution in [3.63, 3.8) is 0 Å². The fourth-order valence-corrected chi connectivity index (χ4v) is 1.96. The van der Waals surface area contributed by atoms with Gasteiger partial charge in [0, 0.05) is 31.5 Å². The van der Waals surface area contributed by atoms with E-state index in [1.165, 1.54) is 0 Å². The Morgan fingerprint density at radius 3 is 2.81 bits per heavy atom. The number of aliphatic hydroxyl groups is 1. The van der Waals surface area contributed by atoms with Gasteiger partial charge in [-0.15, -0.1) is 0 Å². The molecule has 0 spiro atoms. The van der Waals surface area contributed by atoms with Crippen LogP contribution in [0.3, 0.4) is 0 Å². The van der Waals surface area contributed by atoms with E-state index in [0.29, 0.717) is 17.7 Å². The number of carbonyl (C=O) groups is 1. The van der Waals surface area contributed by atoms with E-state index >= 15 is 0 Å². The Hall–Kier alpha value is -2.64. The standard InChI is InChI=1S/C17H16N2O2/c1-19(13-14-6-4-10-18-12-14)17(21)16-9-3-2-7-15(16)8-5-11-20/h2-4,6-7,9-10,12,20H,11,13H2,1H3. The highest BCUT2D eigenvalue weighted by molar-refractivity contribution is 5.96. The number of carbonyl (C=O) groups excluding carboxylic acids is 1. The van der Waals surface area contributed by atoms with Gasteiger partial charge in [0.25, 0.3) is 5.91 Å². The molecule has 0 unspecified atom stereocenters. The second-order valence-electron chi connectivity index (χ2n) is 4.53. The quantitative estimate of drug-likeness (QED) is 0.871. The maximum atomic E-state index is 12.5. The number of hydrogen-bond acceptors (Lipinski definition) is 3. The SMILES string of the molecule is CN(Cc1cccnc1)C(=O)c1ccccc1C#CCO. The molecule has 1 aromatic heterocycles. The van der Waals surface area contributed by atoms with Crippen molar-refractivity contribution in [2.45, 2.75) is 6.54 Å². The monoisotopic (exact) mass is 280 g/mol. The van der Waals surface area contributed by atoms with Crippen molar-refractivity contribution >= 4 is 5.91 Å². The van der Waals surface area contributed by atoms with Gasteiger partial charge >= 0.3 is 0 Å². The predicted molar refractivity (Wildman–Crippen MR) is 80.4 cm³/mol. The number of hydrogen-bond donors (Lipinski definition) is 1. The van der Waals surface area contributed by atoms with Crippen LogP contribution in [0.5, 0.6) is 0 Å². The molecule has 1 amide bonds. The smallest absolute Gasteiger partial charge is 0.255 e. The largest absolute Gasteiger partial charge is 0.384 e. The predicted octanol–water partition coefficient (Wildman–Crippen LogP) is 1.70. The van der Waals surface area contributed by atoms with Crippen LogP contribution in [-0.2, 0) is 6.54 Å². The zero-order valence-electron chi connectivity index (χ0n) is 11.8. The van der Waals surface area contributed by atoms with Crippen LogP contribution in [-0.4, -0.2) is 34.6 Å². The normalized spacial score (nSPS) is 9.62. The number of rotatable bonds is 3. The first-order valence-corrected chi connectivity index (χ1v) is 6.55. The first-order chi connectivity index (χ1) is 10.2. The first kappa shape index (κ1) is 14.8. The average Bonchev–Trinajstić information content (AvgIpc) is 2.53. The number of pyridine rings is 1. The van der Waals surface area contributed by atoms with E-state index < -0.39 is 0 Å². The van der Waals surface area contributed by atoms with Gasteiger partial charge in [0.15, 0.2) is 0 Å². The molecule has 0 aliphatic carbocycles. The maximum absolute atomic E-state index is 12.5. The summed E-state index contributed by atoms with van der Waals surface area (Å²) >= 11 is 0. The van der Waals surface area contributed by atoms with Crippen LogP contribution < -0.4 is 0 Å². The van der Waals surface area contributed by atoms with E-state index in [1.807, 2.05) is 18.2 Å². The molecule has 0 radical (unpaired) electrons. The third-order valence-electron chi connectivity index (χ3n) is 2.95. The van der Waals surface area contributed by atoms with E-state index in [-0.39, 0.29) is 12.5 Å². The summed E-state index contributed by atoms with van der Waals surface area (Å²) in [5, 5.41) is 8.79. The Bertz CT molecular complexity index is 672. The Labute approximate surface area is 124 Å². The maximum Gasteiger partial charge on any atom is 0.255 e. The van der Waals surface area contributed by atoms with Gasteiger partial charge in [-0.25, -0.2) is 0 Å². The molecule has 0 saturated carbocycles. The van der Waals surface area contributed by atoms with Crippen molar-refractivity contribution in [1.29, 1.82) is 0 Å². The lowest BCUT2D eigenvalue weighted by molar-refractivity contribution is 0.0784. The zero-order valence-corrected chi connectivity index (χ0v) is 11.8. The number of aromatic nitrogens is 1. The van der Waals surface area contributed by atoms with Crippen molar-refractivity contribution in [3.8, 4) is 11.8 Å². The molecule has 0 aliphatic heterocycles. The van der Waals surface area contributed by atoms with E-state index in [4.69, 9.17) is 5.11 Å². The summed E-state index contributed by atoms with van der Waals surface area (Å²) in [5.74, 6) is 5.27. The van der Waals surface area contributed by atoms with Gasteiger partial charge < -0.3 is 10.0 Å². The van der Waals surface area contributed by atoms with Crippen LogP contribution >= 0.6 is 0 Å². The summed E-state index contributed by atoms with van der Waals surface area (Å²) in [6, 6.07) is 10.9. The minimum absolute atomic E-state index is 0.110. The van der Waals surface area contributed by atoms with Gasteiger partial charge in [-0.05, 0) is 23.8 Å². The molecular weight excluding hydrogens is 264 g/mol. The second kappa shape index (κ2) is 7.22. The number of aliphatic hydroxyl groups excluding tert-OH is 1. The second-order valence-corrected chi connectivity index (χ2v) is 4.53. The van der Waals surface area contributed by atoms with Crippen LogP contribution in [0.15, 0.2) is 48.8 Å². The molecule has 1 heterocycles. The molecule has 0 aliphatic rings. The highest BCUT2D eigenvalue weighted by Gasteiger charge is 2.14. The summed E-state index contributed by atoms with van der Waals surface area (Å²) < 4.78 is 0. The summed E-state index contributed by atoms with van der Waals surface area (Å²) in [5.41, 5.74) is 2.12. The number of nitrogens with zero attached hydrogens (tertiary/aromatic N) is 2. The molecule has 0 fully saturated rings. The Kier molecular flexibility index (Phi) is 5.08. The molecule has 1 N–H and O–H groups in total. The molecule has 21 heavy (non-hydrogen) atoms. The minimum Gasteiger partial charge on any atom is -0.384 e. The molecule has 1 aromatic carbocycles. The van der Waals surface area contributed by atoms with Gasteiger partial charge in [0.1, 0.15) is 6.61 Å². The molecule has 0 bridgehead atoms. The topological polar surface area (TPSA) is 53.4 Å². The minimum atomic E-state index is -0.228. The lowest BCUT2D eigenvalue weighted by Crippen LogP contribution is -2.26. The van der Waals surface area contributed by atoms with Crippen molar-refractivity contribution in [2.75, 3.05) is 13.7 Å². The van der Waals surface area contributed by atoms with E-state index in [1.54, 1.807) is 42.5 Å². The van der Waals surface area contributed by atoms with Crippen molar-refractivity contribution in [1.82, 2.24) is 9.88 Å². The fourth-order valence-electron chi connectivity index (χ4n) is 1.96. The molecular formula is C17H16N2O2. The molecule has 4 nitrogen and oxygen atoms in total.